The number of benzene rings is 3. The lowest BCUT2D eigenvalue weighted by atomic mass is 9.88. The molecule has 160 valence electrons. The van der Waals surface area contributed by atoms with Gasteiger partial charge in [-0.1, -0.05) is 72.8 Å². The zero-order valence-corrected chi connectivity index (χ0v) is 17.7. The highest BCUT2D eigenvalue weighted by atomic mass is 16.5. The molecule has 0 aliphatic rings. The van der Waals surface area contributed by atoms with Crippen molar-refractivity contribution in [2.75, 3.05) is 20.2 Å². The first kappa shape index (κ1) is 22.1. The Hall–Kier alpha value is -3.60. The molecule has 2 N–H and O–H groups in total. The molecule has 0 aliphatic carbocycles. The molecule has 0 fully saturated rings. The van der Waals surface area contributed by atoms with Crippen LogP contribution < -0.4 is 15.4 Å². The van der Waals surface area contributed by atoms with Gasteiger partial charge in [0.1, 0.15) is 5.75 Å². The molecule has 0 bridgehead atoms. The van der Waals surface area contributed by atoms with Gasteiger partial charge in [-0.2, -0.15) is 0 Å². The van der Waals surface area contributed by atoms with E-state index in [1.807, 2.05) is 60.7 Å². The van der Waals surface area contributed by atoms with Gasteiger partial charge < -0.3 is 15.4 Å². The van der Waals surface area contributed by atoms with Crippen molar-refractivity contribution in [3.63, 3.8) is 0 Å². The van der Waals surface area contributed by atoms with Crippen LogP contribution in [0, 0.1) is 0 Å². The highest BCUT2D eigenvalue weighted by molar-refractivity contribution is 5.85. The molecular formula is C26H28N2O3. The van der Waals surface area contributed by atoms with Crippen LogP contribution in [0.5, 0.6) is 5.75 Å². The van der Waals surface area contributed by atoms with E-state index in [0.29, 0.717) is 6.54 Å². The van der Waals surface area contributed by atoms with Crippen LogP contribution in [0.2, 0.25) is 0 Å². The van der Waals surface area contributed by atoms with Gasteiger partial charge in [0.15, 0.2) is 0 Å². The number of hydrogen-bond donors (Lipinski definition) is 2. The molecule has 3 rings (SSSR count). The van der Waals surface area contributed by atoms with Crippen LogP contribution in [0.3, 0.4) is 0 Å². The van der Waals surface area contributed by atoms with Crippen LogP contribution in [0.4, 0.5) is 0 Å². The quantitative estimate of drug-likeness (QED) is 0.530. The molecule has 0 heterocycles. The zero-order chi connectivity index (χ0) is 21.9. The Balaban J connectivity index is 1.45. The largest absolute Gasteiger partial charge is 0.497 e. The number of hydrogen-bond acceptors (Lipinski definition) is 3. The van der Waals surface area contributed by atoms with Crippen molar-refractivity contribution < 1.29 is 14.3 Å². The summed E-state index contributed by atoms with van der Waals surface area (Å²) in [5, 5.41) is 5.60. The molecule has 0 saturated carbocycles. The van der Waals surface area contributed by atoms with Gasteiger partial charge >= 0.3 is 0 Å². The fourth-order valence-electron chi connectivity index (χ4n) is 3.49. The monoisotopic (exact) mass is 416 g/mol. The second-order valence-corrected chi connectivity index (χ2v) is 7.31. The van der Waals surface area contributed by atoms with Crippen molar-refractivity contribution >= 4 is 11.8 Å². The molecule has 0 saturated heterocycles. The minimum Gasteiger partial charge on any atom is -0.497 e. The number of nitrogens with one attached hydrogen (secondary N) is 2. The molecule has 31 heavy (non-hydrogen) atoms. The van der Waals surface area contributed by atoms with Crippen molar-refractivity contribution in [1.82, 2.24) is 10.6 Å². The first-order valence-corrected chi connectivity index (χ1v) is 10.4. The normalized spacial score (nSPS) is 10.5. The lowest BCUT2D eigenvalue weighted by molar-refractivity contribution is -0.125. The maximum Gasteiger partial charge on any atom is 0.239 e. The van der Waals surface area contributed by atoms with Crippen LogP contribution in [-0.4, -0.2) is 32.0 Å². The maximum atomic E-state index is 12.2. The highest BCUT2D eigenvalue weighted by Crippen LogP contribution is 2.27. The van der Waals surface area contributed by atoms with Crippen molar-refractivity contribution in [3.05, 3.63) is 102 Å². The van der Waals surface area contributed by atoms with Crippen molar-refractivity contribution in [1.29, 1.82) is 0 Å². The highest BCUT2D eigenvalue weighted by Gasteiger charge is 2.14. The Morgan fingerprint density at radius 3 is 1.90 bits per heavy atom. The average molecular weight is 417 g/mol. The minimum absolute atomic E-state index is 0.0314. The molecule has 3 aromatic carbocycles. The third-order valence-electron chi connectivity index (χ3n) is 5.13. The van der Waals surface area contributed by atoms with E-state index in [1.54, 1.807) is 7.11 Å². The van der Waals surface area contributed by atoms with Crippen LogP contribution in [0.1, 0.15) is 29.0 Å². The second-order valence-electron chi connectivity index (χ2n) is 7.31. The number of carbonyl (C=O) groups is 2. The first-order valence-electron chi connectivity index (χ1n) is 10.4. The predicted molar refractivity (Wildman–Crippen MR) is 122 cm³/mol. The van der Waals surface area contributed by atoms with Crippen molar-refractivity contribution in [3.8, 4) is 5.75 Å². The molecule has 5 nitrogen and oxygen atoms in total. The number of amides is 2. The van der Waals surface area contributed by atoms with Gasteiger partial charge in [0.25, 0.3) is 0 Å². The van der Waals surface area contributed by atoms with E-state index < -0.39 is 0 Å². The van der Waals surface area contributed by atoms with E-state index >= 15 is 0 Å². The summed E-state index contributed by atoms with van der Waals surface area (Å²) in [4.78, 5) is 24.3. The van der Waals surface area contributed by atoms with Crippen LogP contribution in [0.25, 0.3) is 0 Å². The summed E-state index contributed by atoms with van der Waals surface area (Å²) in [7, 11) is 1.60. The predicted octanol–water partition coefficient (Wildman–Crippen LogP) is 3.69. The Labute approximate surface area is 183 Å². The fourth-order valence-corrected chi connectivity index (χ4v) is 3.49. The Kier molecular flexibility index (Phi) is 8.23. The van der Waals surface area contributed by atoms with Gasteiger partial charge in [-0.3, -0.25) is 9.59 Å². The van der Waals surface area contributed by atoms with E-state index in [4.69, 9.17) is 4.74 Å². The van der Waals surface area contributed by atoms with Gasteiger partial charge in [0, 0.05) is 12.5 Å². The summed E-state index contributed by atoms with van der Waals surface area (Å²) in [6.07, 6.45) is 1.00. The number of ether oxygens (including phenoxy) is 1. The molecule has 0 aliphatic heterocycles. The summed E-state index contributed by atoms with van der Waals surface area (Å²) in [5.41, 5.74) is 3.30. The standard InChI is InChI=1S/C26H28N2O3/c1-31-23-14-12-20(13-15-23)18-25(29)28-19-26(30)27-17-16-24(21-8-4-2-5-9-21)22-10-6-3-7-11-22/h2-15,24H,16-19H2,1H3,(H,27,30)(H,28,29). The Morgan fingerprint density at radius 1 is 0.774 bits per heavy atom. The summed E-state index contributed by atoms with van der Waals surface area (Å²) in [6, 6.07) is 27.9. The van der Waals surface area contributed by atoms with E-state index in [9.17, 15) is 9.59 Å². The summed E-state index contributed by atoms with van der Waals surface area (Å²) >= 11 is 0. The molecule has 0 aromatic heterocycles. The number of carbonyl (C=O) groups excluding carboxylic acids is 2. The SMILES string of the molecule is COc1ccc(CC(=O)NCC(=O)NCCC(c2ccccc2)c2ccccc2)cc1. The minimum atomic E-state index is -0.192. The smallest absolute Gasteiger partial charge is 0.239 e. The lowest BCUT2D eigenvalue weighted by Gasteiger charge is -2.18. The van der Waals surface area contributed by atoms with Crippen LogP contribution in [-0.2, 0) is 16.0 Å². The molecule has 0 spiro atoms. The van der Waals surface area contributed by atoms with Crippen LogP contribution >= 0.6 is 0 Å². The molecule has 0 unspecified atom stereocenters. The van der Waals surface area contributed by atoms with Gasteiger partial charge in [0.2, 0.25) is 11.8 Å². The molecule has 3 aromatic rings. The van der Waals surface area contributed by atoms with Gasteiger partial charge in [0.05, 0.1) is 20.1 Å². The maximum absolute atomic E-state index is 12.2. The average Bonchev–Trinajstić information content (AvgIpc) is 2.82. The summed E-state index contributed by atoms with van der Waals surface area (Å²) in [6.45, 7) is 0.498. The Morgan fingerprint density at radius 2 is 1.35 bits per heavy atom. The van der Waals surface area contributed by atoms with E-state index in [-0.39, 0.29) is 30.7 Å². The van der Waals surface area contributed by atoms with Gasteiger partial charge in [-0.15, -0.1) is 0 Å². The van der Waals surface area contributed by atoms with Crippen molar-refractivity contribution in [2.24, 2.45) is 0 Å². The van der Waals surface area contributed by atoms with Crippen LogP contribution in [0.15, 0.2) is 84.9 Å². The number of methoxy groups -OCH3 is 1. The summed E-state index contributed by atoms with van der Waals surface area (Å²) in [5.74, 6) is 0.565. The third-order valence-corrected chi connectivity index (χ3v) is 5.13. The molecule has 2 amide bonds. The van der Waals surface area contributed by atoms with E-state index in [1.165, 1.54) is 11.1 Å². The molecular weight excluding hydrogens is 388 g/mol. The zero-order valence-electron chi connectivity index (χ0n) is 17.7. The molecule has 0 radical (unpaired) electrons. The topological polar surface area (TPSA) is 67.4 Å². The van der Waals surface area contributed by atoms with Crippen molar-refractivity contribution in [2.45, 2.75) is 18.8 Å². The second kappa shape index (κ2) is 11.6. The van der Waals surface area contributed by atoms with Gasteiger partial charge in [-0.25, -0.2) is 0 Å². The lowest BCUT2D eigenvalue weighted by Crippen LogP contribution is -2.38. The summed E-state index contributed by atoms with van der Waals surface area (Å²) < 4.78 is 5.11. The molecule has 0 atom stereocenters. The van der Waals surface area contributed by atoms with Gasteiger partial charge in [-0.05, 0) is 35.2 Å². The molecule has 5 heteroatoms. The Bertz CT molecular complexity index is 917. The third kappa shape index (κ3) is 7.00. The van der Waals surface area contributed by atoms with E-state index in [0.717, 1.165) is 17.7 Å². The fraction of sp³-hybridized carbons (Fsp3) is 0.231. The van der Waals surface area contributed by atoms with E-state index in [2.05, 4.69) is 34.9 Å². The first-order chi connectivity index (χ1) is 15.2. The number of rotatable bonds is 10.